The molecule has 100 heavy (non-hydrogen) atoms. The minimum atomic E-state index is -1.43. The highest BCUT2D eigenvalue weighted by Gasteiger charge is 2.47. The van der Waals surface area contributed by atoms with Crippen LogP contribution in [0.5, 0.6) is 11.5 Å². The van der Waals surface area contributed by atoms with Gasteiger partial charge < -0.3 is 66.7 Å². The number of ether oxygens (including phenoxy) is 2. The molecule has 8 aliphatic rings. The van der Waals surface area contributed by atoms with E-state index in [0.717, 1.165) is 64.2 Å². The summed E-state index contributed by atoms with van der Waals surface area (Å²) >= 11 is 0. The van der Waals surface area contributed by atoms with Crippen LogP contribution in [0.1, 0.15) is 179 Å². The molecule has 2 aromatic carbocycles. The monoisotopic (exact) mass is 1390 g/mol. The standard InChI is InChI=1S/C71H101N15O14/c1-9-42(6)62(87)77-60(40(2)3)68(93)83-36-50-32-58(83)66(91)73-54(28-44-16-12-10-13-17-44)64(89)75-56(70(95)96)30-46-22-26-53(27-23-46)100-39-49-35-86(82-80-49)51-33-59(84(37-51)69(94)61(41(4)5)78-63(88)43(7)72-8)67(92)74-55(29-45-18-14-11-15-19-45)65(90)76-57(71(97)98)31-47-20-24-52(25-21-47)99-38-48-34-85(50)81-79-48/h20-27,34-35,40-45,50-51,54-61,72H,9-19,28-33,36-39H2,1-8H3,(H,73,91)(H,74,92)(H,75,89)(H,76,90)(H,77,87)(H,78,88)(H,95,96)(H,97,98)/t42-,43+,50+,51+,54+,55+,56+,57+,58+,59+,60+,61+/m1/s1. The van der Waals surface area contributed by atoms with E-state index < -0.39 is 132 Å². The molecule has 0 spiro atoms. The maximum Gasteiger partial charge on any atom is 0.326 e. The number of carbonyl (C=O) groups excluding carboxylic acids is 8. The number of benzene rings is 2. The molecule has 4 fully saturated rings. The summed E-state index contributed by atoms with van der Waals surface area (Å²) in [6.07, 6.45) is 13.0. The Balaban J connectivity index is 1.02. The summed E-state index contributed by atoms with van der Waals surface area (Å²) in [5.41, 5.74) is 1.85. The van der Waals surface area contributed by atoms with Gasteiger partial charge in [0.1, 0.15) is 84.4 Å². The van der Waals surface area contributed by atoms with Crippen LogP contribution in [-0.2, 0) is 74.0 Å². The van der Waals surface area contributed by atoms with Crippen LogP contribution in [0.2, 0.25) is 0 Å². The third kappa shape index (κ3) is 19.7. The first-order chi connectivity index (χ1) is 47.9. The molecule has 12 rings (SSSR count). The molecule has 12 bridgehead atoms. The zero-order valence-electron chi connectivity index (χ0n) is 58.7. The van der Waals surface area contributed by atoms with Crippen molar-refractivity contribution in [1.82, 2.24) is 77.0 Å². The SMILES string of the molecule is CC[C@@H](C)C(=O)N[C@H](C(=O)N1C[C@@H]2C[C@H]1C(=O)N[C@@H](CC1CCCCC1)C(=O)N[C@H](C(=O)O)Cc1ccc(cc1)OCc1cn(nn1)[C@H]1C[C@@H](C(=O)N[C@@H](CC3CCCCC3)C(=O)N[C@H](C(=O)O)Cc3ccc(cc3)OCc3cn2nn3)N(C(=O)[C@@H](NC(=O)[C@H](C)NC)C(C)C)C1)C(C)C. The van der Waals surface area contributed by atoms with E-state index in [9.17, 15) is 48.6 Å². The summed E-state index contributed by atoms with van der Waals surface area (Å²) in [5.74, 6) is -7.43. The van der Waals surface area contributed by atoms with Crippen LogP contribution in [0.3, 0.4) is 0 Å². The van der Waals surface area contributed by atoms with Gasteiger partial charge in [0.25, 0.3) is 0 Å². The predicted octanol–water partition coefficient (Wildman–Crippen LogP) is 4.10. The van der Waals surface area contributed by atoms with Crippen LogP contribution < -0.4 is 46.7 Å². The number of carboxylic acids is 2. The lowest BCUT2D eigenvalue weighted by Gasteiger charge is -2.32. The second-order valence-corrected chi connectivity index (χ2v) is 28.6. The van der Waals surface area contributed by atoms with Gasteiger partial charge in [0.05, 0.1) is 30.5 Å². The lowest BCUT2D eigenvalue weighted by molar-refractivity contribution is -0.144. The van der Waals surface area contributed by atoms with Gasteiger partial charge >= 0.3 is 11.9 Å². The van der Waals surface area contributed by atoms with E-state index in [2.05, 4.69) is 57.8 Å². The fraction of sp³-hybridized carbons (Fsp3) is 0.634. The van der Waals surface area contributed by atoms with E-state index >= 15 is 9.59 Å². The zero-order chi connectivity index (χ0) is 71.9. The van der Waals surface area contributed by atoms with Crippen molar-refractivity contribution in [2.24, 2.45) is 29.6 Å². The minimum Gasteiger partial charge on any atom is -0.487 e. The molecule has 9 N–H and O–H groups in total. The summed E-state index contributed by atoms with van der Waals surface area (Å²) < 4.78 is 15.4. The zero-order valence-corrected chi connectivity index (χ0v) is 58.7. The van der Waals surface area contributed by atoms with Gasteiger partial charge in [-0.15, -0.1) is 10.2 Å². The molecule has 2 saturated carbocycles. The van der Waals surface area contributed by atoms with Crippen molar-refractivity contribution in [3.63, 3.8) is 0 Å². The van der Waals surface area contributed by atoms with Crippen LogP contribution in [0.4, 0.5) is 0 Å². The normalized spacial score (nSPS) is 24.6. The first-order valence-electron chi connectivity index (χ1n) is 35.7. The highest BCUT2D eigenvalue weighted by Crippen LogP contribution is 2.34. The maximum atomic E-state index is 15.0. The number of hydrogen-bond donors (Lipinski definition) is 9. The summed E-state index contributed by atoms with van der Waals surface area (Å²) in [5, 5.41) is 58.9. The highest BCUT2D eigenvalue weighted by atomic mass is 16.5. The molecule has 12 atom stereocenters. The minimum absolute atomic E-state index is 0.0228. The molecule has 2 saturated heterocycles. The van der Waals surface area contributed by atoms with Crippen LogP contribution in [0.25, 0.3) is 0 Å². The van der Waals surface area contributed by atoms with Gasteiger partial charge in [-0.25, -0.2) is 19.0 Å². The number of aliphatic carboxylic acids is 2. The number of rotatable bonds is 16. The molecule has 2 aliphatic carbocycles. The van der Waals surface area contributed by atoms with Gasteiger partial charge in [-0.05, 0) is 92.3 Å². The van der Waals surface area contributed by atoms with E-state index in [-0.39, 0.29) is 88.5 Å². The molecule has 29 heteroatoms. The van der Waals surface area contributed by atoms with Gasteiger partial charge in [0.15, 0.2) is 0 Å². The van der Waals surface area contributed by atoms with Crippen molar-refractivity contribution in [2.45, 2.75) is 237 Å². The first kappa shape index (κ1) is 75.2. The second kappa shape index (κ2) is 34.8. The molecule has 0 unspecified atom stereocenters. The Kier molecular flexibility index (Phi) is 26.2. The quantitative estimate of drug-likeness (QED) is 0.0762. The molecular weight excluding hydrogens is 1290 g/mol. The van der Waals surface area contributed by atoms with Crippen molar-refractivity contribution in [3.8, 4) is 11.5 Å². The van der Waals surface area contributed by atoms with Gasteiger partial charge in [0.2, 0.25) is 47.3 Å². The van der Waals surface area contributed by atoms with Crippen LogP contribution in [0.15, 0.2) is 60.9 Å². The third-order valence-electron chi connectivity index (χ3n) is 20.5. The Hall–Kier alpha value is -9.02. The van der Waals surface area contributed by atoms with Crippen molar-refractivity contribution in [3.05, 3.63) is 83.4 Å². The molecule has 29 nitrogen and oxygen atoms in total. The third-order valence-corrected chi connectivity index (χ3v) is 20.5. The molecule has 544 valence electrons. The van der Waals surface area contributed by atoms with Crippen LogP contribution in [-0.4, -0.2) is 184 Å². The second-order valence-electron chi connectivity index (χ2n) is 28.6. The number of likely N-dealkylation sites (N-methyl/N-ethyl adjacent to an activating group) is 1. The smallest absolute Gasteiger partial charge is 0.326 e. The average molecular weight is 1390 g/mol. The Bertz CT molecular complexity index is 3270. The number of aromatic nitrogens is 6. The molecule has 8 heterocycles. The Labute approximate surface area is 583 Å². The Morgan fingerprint density at radius 1 is 0.550 bits per heavy atom. The topological polar surface area (TPSA) is 382 Å². The number of carboxylic acid groups (broad SMARTS) is 2. The van der Waals surface area contributed by atoms with Gasteiger partial charge in [0, 0.05) is 44.7 Å². The van der Waals surface area contributed by atoms with Gasteiger partial charge in [-0.1, -0.05) is 140 Å². The summed E-state index contributed by atoms with van der Waals surface area (Å²) in [7, 11) is 1.62. The molecule has 6 aliphatic heterocycles. The largest absolute Gasteiger partial charge is 0.487 e. The fourth-order valence-electron chi connectivity index (χ4n) is 14.1. The van der Waals surface area contributed by atoms with Crippen molar-refractivity contribution in [1.29, 1.82) is 0 Å². The number of carbonyl (C=O) groups is 10. The number of hydrogen-bond acceptors (Lipinski definition) is 17. The van der Waals surface area contributed by atoms with Crippen molar-refractivity contribution in [2.75, 3.05) is 20.1 Å². The summed E-state index contributed by atoms with van der Waals surface area (Å²) in [6, 6.07) is 1.72. The summed E-state index contributed by atoms with van der Waals surface area (Å²) in [4.78, 5) is 145. The van der Waals surface area contributed by atoms with E-state index in [4.69, 9.17) is 9.47 Å². The Morgan fingerprint density at radius 3 is 1.30 bits per heavy atom. The molecule has 2 aromatic heterocycles. The van der Waals surface area contributed by atoms with E-state index in [1.54, 1.807) is 119 Å². The van der Waals surface area contributed by atoms with Crippen LogP contribution >= 0.6 is 0 Å². The van der Waals surface area contributed by atoms with Gasteiger partial charge in [-0.2, -0.15) is 0 Å². The van der Waals surface area contributed by atoms with E-state index in [1.165, 1.54) is 9.80 Å². The van der Waals surface area contributed by atoms with E-state index in [0.29, 0.717) is 40.4 Å². The lowest BCUT2D eigenvalue weighted by atomic mass is 9.84. The lowest BCUT2D eigenvalue weighted by Crippen LogP contribution is -2.59. The molecule has 0 radical (unpaired) electrons. The Morgan fingerprint density at radius 2 is 0.940 bits per heavy atom. The average Bonchev–Trinajstić information content (AvgIpc) is 1.64. The fourth-order valence-corrected chi connectivity index (χ4v) is 14.1. The van der Waals surface area contributed by atoms with Crippen molar-refractivity contribution >= 4 is 59.2 Å². The van der Waals surface area contributed by atoms with Crippen molar-refractivity contribution < 1.29 is 67.6 Å². The van der Waals surface area contributed by atoms with Gasteiger partial charge in [-0.3, -0.25) is 38.4 Å². The first-order valence-corrected chi connectivity index (χ1v) is 35.7. The predicted molar refractivity (Wildman–Crippen MR) is 364 cm³/mol. The molecule has 8 amide bonds. The number of amides is 8. The number of likely N-dealkylation sites (tertiary alicyclic amines) is 2. The number of nitrogens with one attached hydrogen (secondary N) is 7. The molecular formula is C71H101N15O14. The van der Waals surface area contributed by atoms with Crippen LogP contribution in [0, 0.1) is 29.6 Å². The summed E-state index contributed by atoms with van der Waals surface area (Å²) in [6.45, 7) is 12.3. The van der Waals surface area contributed by atoms with E-state index in [1.807, 2.05) is 6.92 Å². The molecule has 4 aromatic rings. The highest BCUT2D eigenvalue weighted by molar-refractivity contribution is 5.97. The number of nitrogens with zero attached hydrogens (tertiary/aromatic N) is 8. The maximum absolute atomic E-state index is 15.0.